The maximum absolute atomic E-state index is 5.45. The van der Waals surface area contributed by atoms with E-state index < -0.39 is 0 Å². The first-order chi connectivity index (χ1) is 9.92. The van der Waals surface area contributed by atoms with Crippen LogP contribution in [-0.2, 0) is 24.5 Å². The van der Waals surface area contributed by atoms with Crippen molar-refractivity contribution in [3.05, 3.63) is 34.9 Å². The van der Waals surface area contributed by atoms with E-state index in [1.54, 1.807) is 0 Å². The number of likely N-dealkylation sites (tertiary alicyclic amines) is 1. The number of hydrogen-bond donors (Lipinski definition) is 1. The summed E-state index contributed by atoms with van der Waals surface area (Å²) in [5, 5.41) is 3.56. The third kappa shape index (κ3) is 3.81. The van der Waals surface area contributed by atoms with Gasteiger partial charge in [0, 0.05) is 6.54 Å². The van der Waals surface area contributed by atoms with Crippen molar-refractivity contribution < 1.29 is 4.74 Å². The molecule has 0 amide bonds. The predicted octanol–water partition coefficient (Wildman–Crippen LogP) is 2.68. The minimum atomic E-state index is 0.790. The highest BCUT2D eigenvalue weighted by molar-refractivity contribution is 5.33. The highest BCUT2D eigenvalue weighted by atomic mass is 16.5. The van der Waals surface area contributed by atoms with E-state index in [1.807, 2.05) is 0 Å². The Kier molecular flexibility index (Phi) is 5.06. The Bertz CT molecular complexity index is 427. The molecule has 0 saturated carbocycles. The molecule has 1 aromatic carbocycles. The number of rotatable bonds is 6. The van der Waals surface area contributed by atoms with E-state index in [9.17, 15) is 0 Å². The Morgan fingerprint density at radius 2 is 1.90 bits per heavy atom. The zero-order valence-corrected chi connectivity index (χ0v) is 12.4. The molecule has 0 unspecified atom stereocenters. The van der Waals surface area contributed by atoms with Gasteiger partial charge in [0.1, 0.15) is 0 Å². The normalized spacial score (nSPS) is 19.2. The monoisotopic (exact) mass is 274 g/mol. The Labute approximate surface area is 122 Å². The van der Waals surface area contributed by atoms with Crippen LogP contribution in [-0.4, -0.2) is 31.1 Å². The molecule has 0 aromatic heterocycles. The van der Waals surface area contributed by atoms with E-state index in [0.717, 1.165) is 26.3 Å². The van der Waals surface area contributed by atoms with Crippen LogP contribution < -0.4 is 5.32 Å². The van der Waals surface area contributed by atoms with Gasteiger partial charge in [-0.15, -0.1) is 0 Å². The molecule has 20 heavy (non-hydrogen) atoms. The van der Waals surface area contributed by atoms with Crippen molar-refractivity contribution in [2.24, 2.45) is 0 Å². The van der Waals surface area contributed by atoms with Crippen LogP contribution in [0.1, 0.15) is 42.4 Å². The molecule has 1 N–H and O–H groups in total. The lowest BCUT2D eigenvalue weighted by molar-refractivity contribution is 0.134. The van der Waals surface area contributed by atoms with E-state index in [4.69, 9.17) is 4.74 Å². The fourth-order valence-electron chi connectivity index (χ4n) is 3.18. The molecular formula is C17H26N2O. The van der Waals surface area contributed by atoms with Crippen LogP contribution in [0.5, 0.6) is 0 Å². The minimum Gasteiger partial charge on any atom is -0.372 e. The van der Waals surface area contributed by atoms with Gasteiger partial charge in [0.05, 0.1) is 13.2 Å². The Balaban J connectivity index is 1.33. The van der Waals surface area contributed by atoms with Gasteiger partial charge in [0.15, 0.2) is 0 Å². The Hall–Kier alpha value is -0.900. The fraction of sp³-hybridized carbons (Fsp3) is 0.647. The first-order valence-electron chi connectivity index (χ1n) is 8.03. The van der Waals surface area contributed by atoms with Crippen molar-refractivity contribution in [3.63, 3.8) is 0 Å². The summed E-state index contributed by atoms with van der Waals surface area (Å²) in [5.74, 6) is 0. The number of benzene rings is 1. The van der Waals surface area contributed by atoms with Gasteiger partial charge in [-0.3, -0.25) is 0 Å². The smallest absolute Gasteiger partial charge is 0.0725 e. The molecule has 1 saturated heterocycles. The number of hydrogen-bond acceptors (Lipinski definition) is 3. The summed E-state index contributed by atoms with van der Waals surface area (Å²) >= 11 is 0. The molecule has 1 aromatic rings. The molecule has 0 aliphatic carbocycles. The van der Waals surface area contributed by atoms with Gasteiger partial charge in [0.2, 0.25) is 0 Å². The zero-order chi connectivity index (χ0) is 13.6. The molecule has 0 radical (unpaired) electrons. The van der Waals surface area contributed by atoms with Crippen LogP contribution >= 0.6 is 0 Å². The number of nitrogens with one attached hydrogen (secondary N) is 1. The SMILES string of the molecule is c1cc2c(cc1CNCCCN1CCCCC1)COC2. The van der Waals surface area contributed by atoms with Crippen molar-refractivity contribution in [1.29, 1.82) is 0 Å². The summed E-state index contributed by atoms with van der Waals surface area (Å²) in [7, 11) is 0. The Morgan fingerprint density at radius 3 is 2.80 bits per heavy atom. The number of fused-ring (bicyclic) bond motifs is 1. The van der Waals surface area contributed by atoms with Crippen LogP contribution in [0.4, 0.5) is 0 Å². The van der Waals surface area contributed by atoms with E-state index >= 15 is 0 Å². The van der Waals surface area contributed by atoms with Gasteiger partial charge < -0.3 is 15.0 Å². The van der Waals surface area contributed by atoms with Gasteiger partial charge in [-0.05, 0) is 62.1 Å². The molecule has 0 bridgehead atoms. The zero-order valence-electron chi connectivity index (χ0n) is 12.4. The molecule has 3 nitrogen and oxygen atoms in total. The van der Waals surface area contributed by atoms with E-state index in [-0.39, 0.29) is 0 Å². The lowest BCUT2D eigenvalue weighted by atomic mass is 10.1. The summed E-state index contributed by atoms with van der Waals surface area (Å²) in [6.45, 7) is 7.55. The van der Waals surface area contributed by atoms with Crippen LogP contribution in [0, 0.1) is 0 Å². The molecule has 1 fully saturated rings. The highest BCUT2D eigenvalue weighted by Crippen LogP contribution is 2.20. The number of ether oxygens (including phenoxy) is 1. The third-order valence-corrected chi connectivity index (χ3v) is 4.39. The van der Waals surface area contributed by atoms with Crippen molar-refractivity contribution in [1.82, 2.24) is 10.2 Å². The fourth-order valence-corrected chi connectivity index (χ4v) is 3.18. The molecule has 0 spiro atoms. The summed E-state index contributed by atoms with van der Waals surface area (Å²) < 4.78 is 5.45. The average Bonchev–Trinajstić information content (AvgIpc) is 2.95. The molecule has 0 atom stereocenters. The van der Waals surface area contributed by atoms with Gasteiger partial charge in [-0.25, -0.2) is 0 Å². The largest absolute Gasteiger partial charge is 0.372 e. The summed E-state index contributed by atoms with van der Waals surface area (Å²) in [4.78, 5) is 2.61. The second-order valence-electron chi connectivity index (χ2n) is 6.03. The van der Waals surface area contributed by atoms with Crippen LogP contribution in [0.25, 0.3) is 0 Å². The average molecular weight is 274 g/mol. The summed E-state index contributed by atoms with van der Waals surface area (Å²) in [6, 6.07) is 6.73. The number of piperidine rings is 1. The molecule has 2 heterocycles. The molecule has 3 heteroatoms. The first kappa shape index (κ1) is 14.1. The van der Waals surface area contributed by atoms with Crippen LogP contribution in [0.15, 0.2) is 18.2 Å². The van der Waals surface area contributed by atoms with E-state index in [0.29, 0.717) is 0 Å². The van der Waals surface area contributed by atoms with Gasteiger partial charge in [-0.1, -0.05) is 24.6 Å². The van der Waals surface area contributed by atoms with Gasteiger partial charge in [0.25, 0.3) is 0 Å². The van der Waals surface area contributed by atoms with Crippen molar-refractivity contribution >= 4 is 0 Å². The standard InChI is InChI=1S/C17H26N2O/c1-2-8-19(9-3-1)10-4-7-18-12-15-5-6-16-13-20-14-17(16)11-15/h5-6,11,18H,1-4,7-10,12-14H2. The lowest BCUT2D eigenvalue weighted by Crippen LogP contribution is -2.32. The van der Waals surface area contributed by atoms with Crippen molar-refractivity contribution in [2.45, 2.75) is 45.4 Å². The van der Waals surface area contributed by atoms with Crippen LogP contribution in [0.2, 0.25) is 0 Å². The Morgan fingerprint density at radius 1 is 1.05 bits per heavy atom. The van der Waals surface area contributed by atoms with Crippen molar-refractivity contribution in [2.75, 3.05) is 26.2 Å². The second kappa shape index (κ2) is 7.21. The van der Waals surface area contributed by atoms with Gasteiger partial charge >= 0.3 is 0 Å². The maximum atomic E-state index is 5.45. The lowest BCUT2D eigenvalue weighted by Gasteiger charge is -2.26. The topological polar surface area (TPSA) is 24.5 Å². The molecule has 2 aliphatic rings. The second-order valence-corrected chi connectivity index (χ2v) is 6.03. The summed E-state index contributed by atoms with van der Waals surface area (Å²) in [5.41, 5.74) is 4.11. The first-order valence-corrected chi connectivity index (χ1v) is 8.03. The minimum absolute atomic E-state index is 0.790. The van der Waals surface area contributed by atoms with Crippen LogP contribution in [0.3, 0.4) is 0 Å². The number of nitrogens with zero attached hydrogens (tertiary/aromatic N) is 1. The van der Waals surface area contributed by atoms with E-state index in [2.05, 4.69) is 28.4 Å². The highest BCUT2D eigenvalue weighted by Gasteiger charge is 2.11. The molecule has 3 rings (SSSR count). The molecular weight excluding hydrogens is 248 g/mol. The van der Waals surface area contributed by atoms with Gasteiger partial charge in [-0.2, -0.15) is 0 Å². The summed E-state index contributed by atoms with van der Waals surface area (Å²) in [6.07, 6.45) is 5.47. The predicted molar refractivity (Wildman–Crippen MR) is 81.5 cm³/mol. The molecule has 110 valence electrons. The quantitative estimate of drug-likeness (QED) is 0.807. The third-order valence-electron chi connectivity index (χ3n) is 4.39. The molecule has 2 aliphatic heterocycles. The van der Waals surface area contributed by atoms with Crippen molar-refractivity contribution in [3.8, 4) is 0 Å². The maximum Gasteiger partial charge on any atom is 0.0725 e. The van der Waals surface area contributed by atoms with E-state index in [1.165, 1.54) is 62.0 Å².